The molecule has 5 heteroatoms. The normalized spacial score (nSPS) is 10.4. The van der Waals surface area contributed by atoms with Crippen molar-refractivity contribution in [2.75, 3.05) is 0 Å². The van der Waals surface area contributed by atoms with Gasteiger partial charge < -0.3 is 0 Å². The maximum atomic E-state index is 13.0. The van der Waals surface area contributed by atoms with Gasteiger partial charge in [-0.05, 0) is 30.3 Å². The van der Waals surface area contributed by atoms with Gasteiger partial charge in [0.1, 0.15) is 11.6 Å². The van der Waals surface area contributed by atoms with E-state index >= 15 is 0 Å². The molecule has 0 saturated heterocycles. The average Bonchev–Trinajstić information content (AvgIpc) is 2.26. The van der Waals surface area contributed by atoms with Crippen molar-refractivity contribution >= 4 is 29.0 Å². The van der Waals surface area contributed by atoms with E-state index < -0.39 is 17.4 Å². The van der Waals surface area contributed by atoms with Crippen molar-refractivity contribution in [3.8, 4) is 0 Å². The number of hydrogen-bond acceptors (Lipinski definition) is 1. The first kappa shape index (κ1) is 13.0. The van der Waals surface area contributed by atoms with Crippen molar-refractivity contribution in [1.82, 2.24) is 0 Å². The molecule has 0 aliphatic carbocycles. The summed E-state index contributed by atoms with van der Waals surface area (Å²) < 4.78 is 26.0. The fraction of sp³-hybridized carbons (Fsp3) is 0. The highest BCUT2D eigenvalue weighted by Crippen LogP contribution is 2.24. The summed E-state index contributed by atoms with van der Waals surface area (Å²) in [5.74, 6) is -2.19. The first-order valence-corrected chi connectivity index (χ1v) is 5.69. The Morgan fingerprint density at radius 1 is 0.944 bits per heavy atom. The van der Waals surface area contributed by atoms with Crippen LogP contribution in [-0.4, -0.2) is 5.78 Å². The van der Waals surface area contributed by atoms with Crippen LogP contribution in [0.4, 0.5) is 8.78 Å². The molecule has 0 atom stereocenters. The molecule has 0 unspecified atom stereocenters. The van der Waals surface area contributed by atoms with Gasteiger partial charge in [0.25, 0.3) is 0 Å². The molecule has 2 aromatic carbocycles. The molecule has 2 aromatic rings. The molecular weight excluding hydrogens is 281 g/mol. The molecule has 0 N–H and O–H groups in total. The van der Waals surface area contributed by atoms with Crippen LogP contribution in [-0.2, 0) is 0 Å². The van der Waals surface area contributed by atoms with Crippen molar-refractivity contribution in [3.63, 3.8) is 0 Å². The summed E-state index contributed by atoms with van der Waals surface area (Å²) in [6.07, 6.45) is 0. The minimum atomic E-state index is -0.816. The number of ketones is 1. The zero-order chi connectivity index (χ0) is 13.3. The quantitative estimate of drug-likeness (QED) is 0.743. The predicted octanol–water partition coefficient (Wildman–Crippen LogP) is 4.50. The van der Waals surface area contributed by atoms with Gasteiger partial charge in [-0.25, -0.2) is 8.78 Å². The van der Waals surface area contributed by atoms with E-state index in [0.29, 0.717) is 11.1 Å². The molecule has 0 amide bonds. The number of carbonyl (C=O) groups excluding carboxylic acids is 1. The van der Waals surface area contributed by atoms with Gasteiger partial charge in [0.05, 0.1) is 5.02 Å². The van der Waals surface area contributed by atoms with Gasteiger partial charge >= 0.3 is 0 Å². The van der Waals surface area contributed by atoms with Crippen LogP contribution in [0.5, 0.6) is 0 Å². The molecule has 0 aliphatic rings. The Kier molecular flexibility index (Phi) is 3.64. The van der Waals surface area contributed by atoms with E-state index in [1.165, 1.54) is 18.2 Å². The first-order chi connectivity index (χ1) is 8.47. The monoisotopic (exact) mass is 286 g/mol. The summed E-state index contributed by atoms with van der Waals surface area (Å²) in [6, 6.07) is 6.89. The van der Waals surface area contributed by atoms with Gasteiger partial charge in [0.15, 0.2) is 5.78 Å². The zero-order valence-corrected chi connectivity index (χ0v) is 10.4. The summed E-state index contributed by atoms with van der Waals surface area (Å²) in [5, 5.41) is 0.513. The number of benzene rings is 2. The lowest BCUT2D eigenvalue weighted by atomic mass is 10.0. The Labute approximate surface area is 112 Å². The van der Waals surface area contributed by atoms with E-state index in [2.05, 4.69) is 0 Å². The van der Waals surface area contributed by atoms with Gasteiger partial charge in [0, 0.05) is 22.2 Å². The number of rotatable bonds is 2. The summed E-state index contributed by atoms with van der Waals surface area (Å²) in [6.45, 7) is 0. The molecule has 0 heterocycles. The van der Waals surface area contributed by atoms with E-state index in [9.17, 15) is 13.6 Å². The van der Waals surface area contributed by atoms with Crippen LogP contribution in [0.25, 0.3) is 0 Å². The van der Waals surface area contributed by atoms with Crippen molar-refractivity contribution in [1.29, 1.82) is 0 Å². The molecule has 1 nitrogen and oxygen atoms in total. The molecule has 0 aromatic heterocycles. The lowest BCUT2D eigenvalue weighted by Gasteiger charge is -2.04. The minimum absolute atomic E-state index is 0.100. The summed E-state index contributed by atoms with van der Waals surface area (Å²) in [4.78, 5) is 12.0. The highest BCUT2D eigenvalue weighted by Gasteiger charge is 2.15. The standard InChI is InChI=1S/C13H6Cl2F2O/c14-8-1-2-11(12(15)5-8)13(18)7-3-9(16)6-10(17)4-7/h1-6H. The van der Waals surface area contributed by atoms with Crippen molar-refractivity contribution < 1.29 is 13.6 Å². The SMILES string of the molecule is O=C(c1cc(F)cc(F)c1)c1ccc(Cl)cc1Cl. The maximum Gasteiger partial charge on any atom is 0.194 e. The minimum Gasteiger partial charge on any atom is -0.289 e. The van der Waals surface area contributed by atoms with Crippen LogP contribution < -0.4 is 0 Å². The largest absolute Gasteiger partial charge is 0.289 e. The third kappa shape index (κ3) is 2.68. The summed E-state index contributed by atoms with van der Waals surface area (Å²) >= 11 is 11.6. The van der Waals surface area contributed by atoms with Crippen LogP contribution in [0, 0.1) is 11.6 Å². The van der Waals surface area contributed by atoms with Gasteiger partial charge in [-0.1, -0.05) is 23.2 Å². The van der Waals surface area contributed by atoms with E-state index in [1.54, 1.807) is 0 Å². The van der Waals surface area contributed by atoms with Crippen molar-refractivity contribution in [2.24, 2.45) is 0 Å². The Hall–Kier alpha value is -1.45. The second-order valence-electron chi connectivity index (χ2n) is 3.61. The second kappa shape index (κ2) is 5.04. The topological polar surface area (TPSA) is 17.1 Å². The lowest BCUT2D eigenvalue weighted by Crippen LogP contribution is -2.03. The van der Waals surface area contributed by atoms with Crippen LogP contribution in [0.2, 0.25) is 10.0 Å². The predicted molar refractivity (Wildman–Crippen MR) is 66.3 cm³/mol. The fourth-order valence-corrected chi connectivity index (χ4v) is 2.01. The van der Waals surface area contributed by atoms with Crippen molar-refractivity contribution in [3.05, 3.63) is 69.2 Å². The number of hydrogen-bond donors (Lipinski definition) is 0. The third-order valence-electron chi connectivity index (χ3n) is 2.30. The van der Waals surface area contributed by atoms with Gasteiger partial charge in [-0.15, -0.1) is 0 Å². The van der Waals surface area contributed by atoms with Crippen LogP contribution in [0.15, 0.2) is 36.4 Å². The van der Waals surface area contributed by atoms with Crippen molar-refractivity contribution in [2.45, 2.75) is 0 Å². The van der Waals surface area contributed by atoms with E-state index in [-0.39, 0.29) is 16.1 Å². The molecule has 0 aliphatic heterocycles. The highest BCUT2D eigenvalue weighted by atomic mass is 35.5. The highest BCUT2D eigenvalue weighted by molar-refractivity contribution is 6.37. The molecule has 0 radical (unpaired) electrons. The Morgan fingerprint density at radius 3 is 2.11 bits per heavy atom. The van der Waals surface area contributed by atoms with Gasteiger partial charge in [0.2, 0.25) is 0 Å². The average molecular weight is 287 g/mol. The van der Waals surface area contributed by atoms with Crippen LogP contribution in [0.1, 0.15) is 15.9 Å². The second-order valence-corrected chi connectivity index (χ2v) is 4.46. The Bertz CT molecular complexity index is 606. The molecule has 18 heavy (non-hydrogen) atoms. The molecule has 2 rings (SSSR count). The van der Waals surface area contributed by atoms with Gasteiger partial charge in [-0.2, -0.15) is 0 Å². The van der Waals surface area contributed by atoms with Crippen LogP contribution in [0.3, 0.4) is 0 Å². The Morgan fingerprint density at radius 2 is 1.56 bits per heavy atom. The number of carbonyl (C=O) groups is 1. The molecule has 0 fully saturated rings. The number of halogens is 4. The zero-order valence-electron chi connectivity index (χ0n) is 8.88. The molecule has 92 valence electrons. The smallest absolute Gasteiger partial charge is 0.194 e. The molecule has 0 bridgehead atoms. The fourth-order valence-electron chi connectivity index (χ4n) is 1.51. The molecular formula is C13H6Cl2F2O. The maximum absolute atomic E-state index is 13.0. The third-order valence-corrected chi connectivity index (χ3v) is 2.85. The van der Waals surface area contributed by atoms with E-state index in [1.807, 2.05) is 0 Å². The molecule has 0 spiro atoms. The van der Waals surface area contributed by atoms with Gasteiger partial charge in [-0.3, -0.25) is 4.79 Å². The summed E-state index contributed by atoms with van der Waals surface area (Å²) in [5.41, 5.74) is 0.0442. The first-order valence-electron chi connectivity index (χ1n) is 4.93. The van der Waals surface area contributed by atoms with E-state index in [0.717, 1.165) is 12.1 Å². The lowest BCUT2D eigenvalue weighted by molar-refractivity contribution is 0.103. The summed E-state index contributed by atoms with van der Waals surface area (Å²) in [7, 11) is 0. The molecule has 0 saturated carbocycles. The Balaban J connectivity index is 2.47. The van der Waals surface area contributed by atoms with Crippen LogP contribution >= 0.6 is 23.2 Å². The van der Waals surface area contributed by atoms with E-state index in [4.69, 9.17) is 23.2 Å².